The zero-order valence-corrected chi connectivity index (χ0v) is 19.6. The molecule has 4 aliphatic carbocycles. The number of rotatable bonds is 2. The lowest BCUT2D eigenvalue weighted by Crippen LogP contribution is -2.53. The Balaban J connectivity index is 1.25. The molecule has 0 spiro atoms. The third-order valence-electron chi connectivity index (χ3n) is 10.4. The molecule has 3 fully saturated rings. The van der Waals surface area contributed by atoms with E-state index < -0.39 is 0 Å². The van der Waals surface area contributed by atoms with E-state index >= 15 is 0 Å². The van der Waals surface area contributed by atoms with Crippen LogP contribution in [0, 0.1) is 34.5 Å². The van der Waals surface area contributed by atoms with Gasteiger partial charge in [-0.05, 0) is 109 Å². The van der Waals surface area contributed by atoms with Gasteiger partial charge in [0.25, 0.3) is 0 Å². The molecule has 6 rings (SSSR count). The van der Waals surface area contributed by atoms with Crippen molar-refractivity contribution in [3.8, 4) is 11.3 Å². The Hall–Kier alpha value is -1.93. The molecular formula is C30H37NO. The van der Waals surface area contributed by atoms with Gasteiger partial charge in [-0.3, -0.25) is 4.98 Å². The van der Waals surface area contributed by atoms with Gasteiger partial charge in [0, 0.05) is 11.8 Å². The molecule has 32 heavy (non-hydrogen) atoms. The van der Waals surface area contributed by atoms with Gasteiger partial charge in [0.2, 0.25) is 0 Å². The second kappa shape index (κ2) is 7.55. The highest BCUT2D eigenvalue weighted by Crippen LogP contribution is 2.67. The molecule has 1 aromatic heterocycles. The van der Waals surface area contributed by atoms with Crippen molar-refractivity contribution in [1.82, 2.24) is 4.98 Å². The van der Waals surface area contributed by atoms with Crippen LogP contribution in [0.4, 0.5) is 0 Å². The first kappa shape index (κ1) is 20.7. The number of aromatic nitrogens is 1. The van der Waals surface area contributed by atoms with Crippen LogP contribution < -0.4 is 0 Å². The first-order chi connectivity index (χ1) is 15.5. The highest BCUT2D eigenvalue weighted by molar-refractivity contribution is 5.74. The smallest absolute Gasteiger partial charge is 0.0701 e. The summed E-state index contributed by atoms with van der Waals surface area (Å²) in [4.78, 5) is 4.51. The summed E-state index contributed by atoms with van der Waals surface area (Å²) in [6, 6.07) is 15.3. The van der Waals surface area contributed by atoms with Crippen molar-refractivity contribution in [3.63, 3.8) is 0 Å². The molecule has 2 aromatic rings. The maximum Gasteiger partial charge on any atom is 0.0701 e. The first-order valence-electron chi connectivity index (χ1n) is 12.9. The van der Waals surface area contributed by atoms with Gasteiger partial charge < -0.3 is 5.11 Å². The summed E-state index contributed by atoms with van der Waals surface area (Å²) in [5, 5.41) is 10.3. The Kier molecular flexibility index (Phi) is 4.88. The monoisotopic (exact) mass is 427 g/mol. The van der Waals surface area contributed by atoms with Crippen molar-refractivity contribution in [1.29, 1.82) is 0 Å². The van der Waals surface area contributed by atoms with Crippen molar-refractivity contribution in [2.24, 2.45) is 34.5 Å². The van der Waals surface area contributed by atoms with Crippen LogP contribution in [-0.4, -0.2) is 16.2 Å². The summed E-state index contributed by atoms with van der Waals surface area (Å²) >= 11 is 0. The zero-order chi connectivity index (χ0) is 21.9. The lowest BCUT2D eigenvalue weighted by Gasteiger charge is -2.60. The Labute approximate surface area is 193 Å². The standard InChI is InChI=1S/C30H37NO/c1-29-16-14-23(32)19-22(29)10-11-24-26-13-12-25(30(26,2)17-15-27(24)29)20-6-8-21(9-7-20)28-5-3-4-18-31-28/h3-9,12,18,22-24,26-27,32H,10-11,13-17,19H2,1-2H3/t22-,23-,24-,26-,27-,29-,30+/m0/s1. The van der Waals surface area contributed by atoms with Crippen LogP contribution in [0.25, 0.3) is 16.8 Å². The van der Waals surface area contributed by atoms with Crippen molar-refractivity contribution >= 4 is 5.57 Å². The molecule has 0 bridgehead atoms. The van der Waals surface area contributed by atoms with Crippen LogP contribution in [0.15, 0.2) is 54.7 Å². The second-order valence-electron chi connectivity index (χ2n) is 11.7. The number of hydrogen-bond donors (Lipinski definition) is 1. The summed E-state index contributed by atoms with van der Waals surface area (Å²) in [7, 11) is 0. The Morgan fingerprint density at radius 3 is 2.47 bits per heavy atom. The lowest BCUT2D eigenvalue weighted by molar-refractivity contribution is -0.115. The average molecular weight is 428 g/mol. The maximum atomic E-state index is 10.3. The van der Waals surface area contributed by atoms with Crippen LogP contribution in [0.3, 0.4) is 0 Å². The van der Waals surface area contributed by atoms with E-state index in [-0.39, 0.29) is 6.10 Å². The fourth-order valence-electron chi connectivity index (χ4n) is 8.60. The van der Waals surface area contributed by atoms with Crippen LogP contribution >= 0.6 is 0 Å². The fraction of sp³-hybridized carbons (Fsp3) is 0.567. The summed E-state index contributed by atoms with van der Waals surface area (Å²) in [5.41, 5.74) is 6.02. The highest BCUT2D eigenvalue weighted by atomic mass is 16.3. The highest BCUT2D eigenvalue weighted by Gasteiger charge is 2.58. The van der Waals surface area contributed by atoms with Gasteiger partial charge in [-0.2, -0.15) is 0 Å². The van der Waals surface area contributed by atoms with Crippen LogP contribution in [-0.2, 0) is 0 Å². The van der Waals surface area contributed by atoms with Crippen LogP contribution in [0.1, 0.15) is 70.8 Å². The first-order valence-corrected chi connectivity index (χ1v) is 12.9. The van der Waals surface area contributed by atoms with E-state index in [1.807, 2.05) is 12.3 Å². The number of aliphatic hydroxyl groups excluding tert-OH is 1. The van der Waals surface area contributed by atoms with Gasteiger partial charge in [0.1, 0.15) is 0 Å². The molecule has 0 saturated heterocycles. The normalized spacial score (nSPS) is 40.7. The molecule has 1 heterocycles. The largest absolute Gasteiger partial charge is 0.393 e. The number of aliphatic hydroxyl groups is 1. The second-order valence-corrected chi connectivity index (χ2v) is 11.7. The molecule has 0 unspecified atom stereocenters. The molecule has 0 aliphatic heterocycles. The average Bonchev–Trinajstić information content (AvgIpc) is 3.17. The molecule has 4 aliphatic rings. The quantitative estimate of drug-likeness (QED) is 0.552. The molecular weight excluding hydrogens is 390 g/mol. The topological polar surface area (TPSA) is 33.1 Å². The van der Waals surface area contributed by atoms with E-state index in [0.717, 1.165) is 42.2 Å². The molecule has 168 valence electrons. The molecule has 3 saturated carbocycles. The summed E-state index contributed by atoms with van der Waals surface area (Å²) in [6.45, 7) is 5.15. The Morgan fingerprint density at radius 2 is 1.69 bits per heavy atom. The lowest BCUT2D eigenvalue weighted by atomic mass is 9.44. The minimum Gasteiger partial charge on any atom is -0.393 e. The number of allylic oxidation sites excluding steroid dienone is 2. The molecule has 2 nitrogen and oxygen atoms in total. The van der Waals surface area contributed by atoms with E-state index in [9.17, 15) is 5.11 Å². The van der Waals surface area contributed by atoms with Gasteiger partial charge in [-0.1, -0.05) is 50.3 Å². The molecule has 0 radical (unpaired) electrons. The van der Waals surface area contributed by atoms with E-state index in [2.05, 4.69) is 61.3 Å². The number of benzene rings is 1. The van der Waals surface area contributed by atoms with Gasteiger partial charge in [-0.25, -0.2) is 0 Å². The Bertz CT molecular complexity index is 1010. The summed E-state index contributed by atoms with van der Waals surface area (Å²) in [5.74, 6) is 3.24. The van der Waals surface area contributed by atoms with Gasteiger partial charge in [0.15, 0.2) is 0 Å². The van der Waals surface area contributed by atoms with Crippen molar-refractivity contribution in [3.05, 3.63) is 60.3 Å². The SMILES string of the molecule is C[C@]12CC[C@H](O)C[C@@H]1CC[C@@H]1[C@@H]2CC[C@]2(C)C(c3ccc(-c4ccccn4)cc3)=CC[C@@H]12. The molecule has 1 N–H and O–H groups in total. The molecule has 7 atom stereocenters. The van der Waals surface area contributed by atoms with Gasteiger partial charge in [-0.15, -0.1) is 0 Å². The number of pyridine rings is 1. The zero-order valence-electron chi connectivity index (χ0n) is 19.6. The van der Waals surface area contributed by atoms with Gasteiger partial charge >= 0.3 is 0 Å². The van der Waals surface area contributed by atoms with Crippen molar-refractivity contribution in [2.45, 2.75) is 71.3 Å². The fourth-order valence-corrected chi connectivity index (χ4v) is 8.60. The van der Waals surface area contributed by atoms with E-state index in [1.165, 1.54) is 49.7 Å². The summed E-state index contributed by atoms with van der Waals surface area (Å²) in [6.07, 6.45) is 14.3. The Morgan fingerprint density at radius 1 is 0.875 bits per heavy atom. The van der Waals surface area contributed by atoms with Crippen LogP contribution in [0.2, 0.25) is 0 Å². The van der Waals surface area contributed by atoms with Crippen molar-refractivity contribution in [2.75, 3.05) is 0 Å². The summed E-state index contributed by atoms with van der Waals surface area (Å²) < 4.78 is 0. The third-order valence-corrected chi connectivity index (χ3v) is 10.4. The number of hydrogen-bond acceptors (Lipinski definition) is 2. The maximum absolute atomic E-state index is 10.3. The van der Waals surface area contributed by atoms with Crippen LogP contribution in [0.5, 0.6) is 0 Å². The number of nitrogens with zero attached hydrogens (tertiary/aromatic N) is 1. The van der Waals surface area contributed by atoms with E-state index in [0.29, 0.717) is 10.8 Å². The third kappa shape index (κ3) is 3.05. The van der Waals surface area contributed by atoms with Gasteiger partial charge in [0.05, 0.1) is 11.8 Å². The minimum atomic E-state index is -0.0488. The van der Waals surface area contributed by atoms with E-state index in [1.54, 1.807) is 5.57 Å². The molecule has 1 aromatic carbocycles. The molecule has 0 amide bonds. The number of fused-ring (bicyclic) bond motifs is 5. The van der Waals surface area contributed by atoms with Crippen molar-refractivity contribution < 1.29 is 5.11 Å². The molecule has 2 heteroatoms. The predicted molar refractivity (Wildman–Crippen MR) is 131 cm³/mol. The van der Waals surface area contributed by atoms with E-state index in [4.69, 9.17) is 0 Å². The predicted octanol–water partition coefficient (Wildman–Crippen LogP) is 7.15. The minimum absolute atomic E-state index is 0.0488.